The Morgan fingerprint density at radius 1 is 0.812 bits per heavy atom. The molecule has 4 N–H and O–H groups in total. The smallest absolute Gasteiger partial charge is 0.321 e. The van der Waals surface area contributed by atoms with Gasteiger partial charge < -0.3 is 20.7 Å². The molecule has 0 heterocycles. The molecule has 0 aliphatic carbocycles. The molecule has 8 heteroatoms. The number of anilines is 2. The first-order valence-corrected chi connectivity index (χ1v) is 9.94. The summed E-state index contributed by atoms with van der Waals surface area (Å²) in [4.78, 5) is 36.1. The van der Waals surface area contributed by atoms with Crippen molar-refractivity contribution in [2.75, 3.05) is 24.3 Å². The van der Waals surface area contributed by atoms with Crippen LogP contribution in [0.1, 0.15) is 15.9 Å². The number of urea groups is 1. The molecule has 0 aliphatic heterocycles. The number of benzene rings is 3. The van der Waals surface area contributed by atoms with Crippen LogP contribution in [0, 0.1) is 0 Å². The molecule has 0 bridgehead atoms. The second kappa shape index (κ2) is 11.2. The lowest BCUT2D eigenvalue weighted by molar-refractivity contribution is -0.118. The lowest BCUT2D eigenvalue weighted by Gasteiger charge is -2.10. The first-order valence-electron chi connectivity index (χ1n) is 9.94. The van der Waals surface area contributed by atoms with E-state index in [1.807, 2.05) is 30.3 Å². The minimum Gasteiger partial charge on any atom is -0.497 e. The third-order valence-corrected chi connectivity index (χ3v) is 4.50. The van der Waals surface area contributed by atoms with E-state index < -0.39 is 11.9 Å². The Labute approximate surface area is 186 Å². The standard InChI is InChI=1S/C24H24N4O4/c1-32-21-13-11-20(12-14-21)27-23(30)18-7-9-19(10-8-18)25-16-22(29)28-24(31)26-15-17-5-3-2-4-6-17/h2-14,25H,15-16H2,1H3,(H,27,30)(H2,26,28,29,31). The predicted molar refractivity (Wildman–Crippen MR) is 123 cm³/mol. The van der Waals surface area contributed by atoms with Crippen LogP contribution in [-0.4, -0.2) is 31.5 Å². The third kappa shape index (κ3) is 6.88. The lowest BCUT2D eigenvalue weighted by atomic mass is 10.2. The minimum atomic E-state index is -0.564. The van der Waals surface area contributed by atoms with E-state index in [-0.39, 0.29) is 12.5 Å². The number of carbonyl (C=O) groups is 3. The fourth-order valence-corrected chi connectivity index (χ4v) is 2.79. The summed E-state index contributed by atoms with van der Waals surface area (Å²) in [6.07, 6.45) is 0. The number of ether oxygens (including phenoxy) is 1. The van der Waals surface area contributed by atoms with E-state index in [0.29, 0.717) is 29.2 Å². The van der Waals surface area contributed by atoms with E-state index >= 15 is 0 Å². The molecule has 32 heavy (non-hydrogen) atoms. The van der Waals surface area contributed by atoms with Gasteiger partial charge in [0.25, 0.3) is 5.91 Å². The average Bonchev–Trinajstić information content (AvgIpc) is 2.83. The van der Waals surface area contributed by atoms with Crippen molar-refractivity contribution in [2.24, 2.45) is 0 Å². The van der Waals surface area contributed by atoms with Crippen LogP contribution in [0.15, 0.2) is 78.9 Å². The summed E-state index contributed by atoms with van der Waals surface area (Å²) < 4.78 is 5.09. The fraction of sp³-hybridized carbons (Fsp3) is 0.125. The summed E-state index contributed by atoms with van der Waals surface area (Å²) in [5.74, 6) is -0.0254. The van der Waals surface area contributed by atoms with Crippen LogP contribution in [0.25, 0.3) is 0 Å². The maximum absolute atomic E-state index is 12.4. The zero-order valence-electron chi connectivity index (χ0n) is 17.6. The topological polar surface area (TPSA) is 109 Å². The van der Waals surface area contributed by atoms with Crippen LogP contribution >= 0.6 is 0 Å². The molecule has 0 aromatic heterocycles. The molecule has 0 saturated carbocycles. The van der Waals surface area contributed by atoms with E-state index in [2.05, 4.69) is 21.3 Å². The van der Waals surface area contributed by atoms with Gasteiger partial charge in [-0.2, -0.15) is 0 Å². The largest absolute Gasteiger partial charge is 0.497 e. The molecule has 3 aromatic carbocycles. The van der Waals surface area contributed by atoms with Gasteiger partial charge in [-0.1, -0.05) is 30.3 Å². The molecule has 4 amide bonds. The zero-order chi connectivity index (χ0) is 22.8. The van der Waals surface area contributed by atoms with Crippen LogP contribution < -0.4 is 26.0 Å². The highest BCUT2D eigenvalue weighted by Crippen LogP contribution is 2.16. The number of rotatable bonds is 8. The molecule has 0 unspecified atom stereocenters. The van der Waals surface area contributed by atoms with Gasteiger partial charge in [0.1, 0.15) is 5.75 Å². The van der Waals surface area contributed by atoms with Crippen LogP contribution in [0.2, 0.25) is 0 Å². The SMILES string of the molecule is COc1ccc(NC(=O)c2ccc(NCC(=O)NC(=O)NCc3ccccc3)cc2)cc1. The van der Waals surface area contributed by atoms with E-state index in [1.165, 1.54) is 0 Å². The number of amides is 4. The van der Waals surface area contributed by atoms with Gasteiger partial charge in [0, 0.05) is 23.5 Å². The number of hydrogen-bond acceptors (Lipinski definition) is 5. The van der Waals surface area contributed by atoms with Crippen molar-refractivity contribution >= 4 is 29.2 Å². The number of methoxy groups -OCH3 is 1. The molecule has 8 nitrogen and oxygen atoms in total. The summed E-state index contributed by atoms with van der Waals surface area (Å²) >= 11 is 0. The Morgan fingerprint density at radius 3 is 2.12 bits per heavy atom. The molecule has 0 atom stereocenters. The molecule has 3 rings (SSSR count). The molecule has 0 aliphatic rings. The second-order valence-corrected chi connectivity index (χ2v) is 6.83. The minimum absolute atomic E-state index is 0.0872. The Bertz CT molecular complexity index is 1050. The highest BCUT2D eigenvalue weighted by atomic mass is 16.5. The fourth-order valence-electron chi connectivity index (χ4n) is 2.79. The lowest BCUT2D eigenvalue weighted by Crippen LogP contribution is -2.41. The van der Waals surface area contributed by atoms with E-state index in [9.17, 15) is 14.4 Å². The van der Waals surface area contributed by atoms with Gasteiger partial charge in [-0.3, -0.25) is 14.9 Å². The van der Waals surface area contributed by atoms with Crippen LogP contribution in [-0.2, 0) is 11.3 Å². The zero-order valence-corrected chi connectivity index (χ0v) is 17.6. The highest BCUT2D eigenvalue weighted by molar-refractivity contribution is 6.04. The molecular weight excluding hydrogens is 408 g/mol. The normalized spacial score (nSPS) is 10.0. The van der Waals surface area contributed by atoms with E-state index in [1.54, 1.807) is 55.6 Å². The number of nitrogens with one attached hydrogen (secondary N) is 4. The maximum atomic E-state index is 12.4. The number of imide groups is 1. The summed E-state index contributed by atoms with van der Waals surface area (Å²) in [6.45, 7) is 0.240. The van der Waals surface area contributed by atoms with Gasteiger partial charge in [0.2, 0.25) is 5.91 Å². The Morgan fingerprint density at radius 2 is 1.47 bits per heavy atom. The van der Waals surface area contributed by atoms with Gasteiger partial charge in [-0.05, 0) is 54.1 Å². The maximum Gasteiger partial charge on any atom is 0.321 e. The van der Waals surface area contributed by atoms with Crippen molar-refractivity contribution in [3.05, 3.63) is 90.0 Å². The summed E-state index contributed by atoms with van der Waals surface area (Å²) in [5, 5.41) is 10.6. The van der Waals surface area contributed by atoms with Crippen molar-refractivity contribution < 1.29 is 19.1 Å². The van der Waals surface area contributed by atoms with Crippen LogP contribution in [0.4, 0.5) is 16.2 Å². The van der Waals surface area contributed by atoms with Crippen LogP contribution in [0.5, 0.6) is 5.75 Å². The molecule has 0 saturated heterocycles. The van der Waals surface area contributed by atoms with Crippen molar-refractivity contribution in [1.82, 2.24) is 10.6 Å². The Kier molecular flexibility index (Phi) is 7.80. The van der Waals surface area contributed by atoms with Gasteiger partial charge in [-0.15, -0.1) is 0 Å². The van der Waals surface area contributed by atoms with Crippen molar-refractivity contribution in [2.45, 2.75) is 6.54 Å². The molecular formula is C24H24N4O4. The van der Waals surface area contributed by atoms with Gasteiger partial charge in [0.05, 0.1) is 13.7 Å². The van der Waals surface area contributed by atoms with Crippen molar-refractivity contribution in [1.29, 1.82) is 0 Å². The molecule has 3 aromatic rings. The summed E-state index contributed by atoms with van der Waals surface area (Å²) in [5.41, 5.74) is 2.70. The molecule has 0 fully saturated rings. The highest BCUT2D eigenvalue weighted by Gasteiger charge is 2.09. The first kappa shape index (κ1) is 22.4. The quantitative estimate of drug-likeness (QED) is 0.436. The average molecular weight is 432 g/mol. The number of carbonyl (C=O) groups excluding carboxylic acids is 3. The van der Waals surface area contributed by atoms with Gasteiger partial charge >= 0.3 is 6.03 Å². The Balaban J connectivity index is 1.42. The predicted octanol–water partition coefficient (Wildman–Crippen LogP) is 3.39. The number of hydrogen-bond donors (Lipinski definition) is 4. The third-order valence-electron chi connectivity index (χ3n) is 4.50. The monoisotopic (exact) mass is 432 g/mol. The van der Waals surface area contributed by atoms with Crippen LogP contribution in [0.3, 0.4) is 0 Å². The first-order chi connectivity index (χ1) is 15.5. The molecule has 0 spiro atoms. The summed E-state index contributed by atoms with van der Waals surface area (Å²) in [6, 6.07) is 22.5. The van der Waals surface area contributed by atoms with Crippen molar-refractivity contribution in [3.8, 4) is 5.75 Å². The van der Waals surface area contributed by atoms with E-state index in [0.717, 1.165) is 5.56 Å². The second-order valence-electron chi connectivity index (χ2n) is 6.83. The van der Waals surface area contributed by atoms with E-state index in [4.69, 9.17) is 4.74 Å². The van der Waals surface area contributed by atoms with Crippen molar-refractivity contribution in [3.63, 3.8) is 0 Å². The van der Waals surface area contributed by atoms with Gasteiger partial charge in [-0.25, -0.2) is 4.79 Å². The van der Waals surface area contributed by atoms with Gasteiger partial charge in [0.15, 0.2) is 0 Å². The summed E-state index contributed by atoms with van der Waals surface area (Å²) in [7, 11) is 1.58. The Hall–Kier alpha value is -4.33. The molecule has 164 valence electrons. The molecule has 0 radical (unpaired) electrons.